The Labute approximate surface area is 180 Å². The van der Waals surface area contributed by atoms with Crippen LogP contribution < -0.4 is 11.1 Å². The molecule has 3 heterocycles. The van der Waals surface area contributed by atoms with Gasteiger partial charge in [0.2, 0.25) is 11.8 Å². The first-order valence-electron chi connectivity index (χ1n) is 10.5. The molecule has 0 radical (unpaired) electrons. The summed E-state index contributed by atoms with van der Waals surface area (Å²) < 4.78 is 11.1. The van der Waals surface area contributed by atoms with Gasteiger partial charge in [0, 0.05) is 31.6 Å². The first-order valence-corrected chi connectivity index (χ1v) is 10.5. The van der Waals surface area contributed by atoms with Gasteiger partial charge in [0.1, 0.15) is 12.1 Å². The van der Waals surface area contributed by atoms with Crippen LogP contribution in [0.5, 0.6) is 0 Å². The van der Waals surface area contributed by atoms with E-state index >= 15 is 0 Å². The fourth-order valence-electron chi connectivity index (χ4n) is 4.02. The molecule has 9 nitrogen and oxygen atoms in total. The van der Waals surface area contributed by atoms with Crippen molar-refractivity contribution in [3.8, 4) is 11.8 Å². The van der Waals surface area contributed by atoms with E-state index in [1.54, 1.807) is 0 Å². The lowest BCUT2D eigenvalue weighted by molar-refractivity contribution is -0.136. The Morgan fingerprint density at radius 2 is 2.10 bits per heavy atom. The molecule has 4 rings (SSSR count). The van der Waals surface area contributed by atoms with Crippen molar-refractivity contribution < 1.29 is 23.9 Å². The van der Waals surface area contributed by atoms with Gasteiger partial charge in [-0.05, 0) is 24.1 Å². The van der Waals surface area contributed by atoms with Crippen LogP contribution in [0, 0.1) is 11.8 Å². The monoisotopic (exact) mass is 426 g/mol. The number of hydrogen-bond donors (Lipinski definition) is 2. The van der Waals surface area contributed by atoms with E-state index in [1.165, 1.54) is 4.90 Å². The molecule has 0 spiro atoms. The molecular formula is C22H26N4O5. The van der Waals surface area contributed by atoms with Gasteiger partial charge in [-0.25, -0.2) is 4.79 Å². The molecule has 3 aliphatic heterocycles. The summed E-state index contributed by atoms with van der Waals surface area (Å²) in [5.41, 5.74) is 7.33. The van der Waals surface area contributed by atoms with Crippen LogP contribution in [-0.2, 0) is 19.1 Å². The van der Waals surface area contributed by atoms with Crippen molar-refractivity contribution in [2.75, 3.05) is 39.3 Å². The number of hydrogen-bond acceptors (Lipinski definition) is 7. The van der Waals surface area contributed by atoms with Gasteiger partial charge in [0.05, 0.1) is 25.8 Å². The third-order valence-corrected chi connectivity index (χ3v) is 5.71. The summed E-state index contributed by atoms with van der Waals surface area (Å²) in [5, 5.41) is 2.28. The Balaban J connectivity index is 1.38. The number of benzene rings is 1. The zero-order valence-corrected chi connectivity index (χ0v) is 17.2. The van der Waals surface area contributed by atoms with Crippen LogP contribution in [0.4, 0.5) is 4.79 Å². The molecule has 0 bridgehead atoms. The molecule has 3 amide bonds. The maximum Gasteiger partial charge on any atom is 0.411 e. The minimum Gasteiger partial charge on any atom is -0.439 e. The molecule has 3 aliphatic rings. The first kappa shape index (κ1) is 21.3. The average Bonchev–Trinajstić information content (AvgIpc) is 3.15. The summed E-state index contributed by atoms with van der Waals surface area (Å²) in [6, 6.07) is 6.89. The van der Waals surface area contributed by atoms with Crippen LogP contribution in [-0.4, -0.2) is 79.2 Å². The van der Waals surface area contributed by atoms with Crippen molar-refractivity contribution >= 4 is 17.9 Å². The third kappa shape index (κ3) is 5.05. The van der Waals surface area contributed by atoms with Gasteiger partial charge in [0.25, 0.3) is 0 Å². The predicted molar refractivity (Wildman–Crippen MR) is 111 cm³/mol. The predicted octanol–water partition coefficient (Wildman–Crippen LogP) is -0.00390. The summed E-state index contributed by atoms with van der Waals surface area (Å²) in [6.45, 7) is 3.67. The van der Waals surface area contributed by atoms with Gasteiger partial charge in [-0.15, -0.1) is 0 Å². The second-order valence-electron chi connectivity index (χ2n) is 7.88. The molecule has 1 unspecified atom stereocenters. The Morgan fingerprint density at radius 3 is 2.90 bits per heavy atom. The minimum absolute atomic E-state index is 0.0586. The van der Waals surface area contributed by atoms with Gasteiger partial charge < -0.3 is 15.2 Å². The van der Waals surface area contributed by atoms with E-state index in [-0.39, 0.29) is 25.0 Å². The van der Waals surface area contributed by atoms with E-state index < -0.39 is 24.1 Å². The van der Waals surface area contributed by atoms with E-state index in [0.29, 0.717) is 26.1 Å². The standard InChI is InChI=1S/C22H26N4O5/c23-12-17-13-25(9-10-30-17)8-2-4-15-3-1-5-16(11-15)19-14-26(22(29)31-19)18-6-7-20(27)24-21(18)28/h1,3,5,11,17-19H,6-10,12-14,23H2,(H,24,27,28)/t17-,18?,19+/m0/s1. The summed E-state index contributed by atoms with van der Waals surface area (Å²) in [4.78, 5) is 39.4. The van der Waals surface area contributed by atoms with Crippen LogP contribution in [0.25, 0.3) is 0 Å². The molecule has 0 saturated carbocycles. The van der Waals surface area contributed by atoms with Crippen molar-refractivity contribution in [1.82, 2.24) is 15.1 Å². The Morgan fingerprint density at radius 1 is 1.23 bits per heavy atom. The maximum atomic E-state index is 12.4. The van der Waals surface area contributed by atoms with Crippen LogP contribution >= 0.6 is 0 Å². The van der Waals surface area contributed by atoms with Crippen LogP contribution in [0.1, 0.15) is 30.1 Å². The molecule has 1 aromatic rings. The van der Waals surface area contributed by atoms with Gasteiger partial charge in [-0.1, -0.05) is 24.0 Å². The van der Waals surface area contributed by atoms with Crippen LogP contribution in [0.2, 0.25) is 0 Å². The maximum absolute atomic E-state index is 12.4. The molecular weight excluding hydrogens is 400 g/mol. The number of nitrogens with one attached hydrogen (secondary N) is 1. The molecule has 3 fully saturated rings. The number of carbonyl (C=O) groups is 3. The normalized spacial score (nSPS) is 26.8. The number of cyclic esters (lactones) is 1. The van der Waals surface area contributed by atoms with E-state index in [2.05, 4.69) is 22.1 Å². The van der Waals surface area contributed by atoms with Gasteiger partial charge >= 0.3 is 6.09 Å². The zero-order valence-electron chi connectivity index (χ0n) is 17.2. The fourth-order valence-corrected chi connectivity index (χ4v) is 4.02. The van der Waals surface area contributed by atoms with Crippen molar-refractivity contribution in [3.63, 3.8) is 0 Å². The highest BCUT2D eigenvalue weighted by Gasteiger charge is 2.41. The summed E-state index contributed by atoms with van der Waals surface area (Å²) in [5.74, 6) is 5.59. The second kappa shape index (κ2) is 9.47. The SMILES string of the molecule is NC[C@H]1CN(CC#Cc2cccc([C@H]3CN(C4CCC(=O)NC4=O)C(=O)O3)c2)CCO1. The zero-order chi connectivity index (χ0) is 21.8. The molecule has 1 aromatic carbocycles. The summed E-state index contributed by atoms with van der Waals surface area (Å²) >= 11 is 0. The molecule has 0 aromatic heterocycles. The Kier molecular flexibility index (Phi) is 6.51. The molecule has 31 heavy (non-hydrogen) atoms. The first-order chi connectivity index (χ1) is 15.0. The lowest BCUT2D eigenvalue weighted by atomic mass is 10.0. The Hall–Kier alpha value is -2.93. The minimum atomic E-state index is -0.677. The third-order valence-electron chi connectivity index (χ3n) is 5.71. The highest BCUT2D eigenvalue weighted by Crippen LogP contribution is 2.29. The highest BCUT2D eigenvalue weighted by atomic mass is 16.6. The Bertz CT molecular complexity index is 924. The van der Waals surface area contributed by atoms with Crippen molar-refractivity contribution in [2.45, 2.75) is 31.1 Å². The molecule has 3 atom stereocenters. The van der Waals surface area contributed by atoms with E-state index in [4.69, 9.17) is 15.2 Å². The van der Waals surface area contributed by atoms with Gasteiger partial charge in [0.15, 0.2) is 0 Å². The number of ether oxygens (including phenoxy) is 2. The molecule has 0 aliphatic carbocycles. The number of amides is 3. The number of piperidine rings is 1. The summed E-state index contributed by atoms with van der Waals surface area (Å²) in [7, 11) is 0. The van der Waals surface area contributed by atoms with Crippen molar-refractivity contribution in [2.24, 2.45) is 5.73 Å². The number of rotatable bonds is 4. The fraction of sp³-hybridized carbons (Fsp3) is 0.500. The number of nitrogens with two attached hydrogens (primary N) is 1. The van der Waals surface area contributed by atoms with E-state index in [1.807, 2.05) is 24.3 Å². The lowest BCUT2D eigenvalue weighted by Crippen LogP contribution is -2.52. The topological polar surface area (TPSA) is 114 Å². The molecule has 164 valence electrons. The van der Waals surface area contributed by atoms with Crippen molar-refractivity contribution in [3.05, 3.63) is 35.4 Å². The highest BCUT2D eigenvalue weighted by molar-refractivity contribution is 6.01. The quantitative estimate of drug-likeness (QED) is 0.514. The summed E-state index contributed by atoms with van der Waals surface area (Å²) in [6.07, 6.45) is -0.444. The number of carbonyl (C=O) groups excluding carboxylic acids is 3. The van der Waals surface area contributed by atoms with Gasteiger partial charge in [-0.3, -0.25) is 24.7 Å². The lowest BCUT2D eigenvalue weighted by Gasteiger charge is -2.30. The second-order valence-corrected chi connectivity index (χ2v) is 7.88. The largest absolute Gasteiger partial charge is 0.439 e. The smallest absolute Gasteiger partial charge is 0.411 e. The molecule has 3 saturated heterocycles. The molecule has 9 heteroatoms. The van der Waals surface area contributed by atoms with Crippen molar-refractivity contribution in [1.29, 1.82) is 0 Å². The average molecular weight is 426 g/mol. The van der Waals surface area contributed by atoms with Gasteiger partial charge in [-0.2, -0.15) is 0 Å². The number of imide groups is 1. The van der Waals surface area contributed by atoms with E-state index in [0.717, 1.165) is 24.2 Å². The molecule has 3 N–H and O–H groups in total. The number of morpholine rings is 1. The van der Waals surface area contributed by atoms with Crippen LogP contribution in [0.3, 0.4) is 0 Å². The number of nitrogens with zero attached hydrogens (tertiary/aromatic N) is 2. The van der Waals surface area contributed by atoms with E-state index in [9.17, 15) is 14.4 Å². The van der Waals surface area contributed by atoms with Crippen LogP contribution in [0.15, 0.2) is 24.3 Å².